The second-order valence-corrected chi connectivity index (χ2v) is 5.79. The van der Waals surface area contributed by atoms with Gasteiger partial charge in [0.1, 0.15) is 17.9 Å². The van der Waals surface area contributed by atoms with Gasteiger partial charge in [0.05, 0.1) is 17.7 Å². The Balaban J connectivity index is 2.02. The van der Waals surface area contributed by atoms with Crippen molar-refractivity contribution in [3.63, 3.8) is 0 Å². The van der Waals surface area contributed by atoms with E-state index in [4.69, 9.17) is 4.74 Å². The van der Waals surface area contributed by atoms with Crippen LogP contribution in [0.4, 0.5) is 28.8 Å². The van der Waals surface area contributed by atoms with Gasteiger partial charge < -0.3 is 15.4 Å². The Morgan fingerprint density at radius 2 is 1.81 bits per heavy atom. The number of hydrogen-bond acceptors (Lipinski definition) is 8. The largest absolute Gasteiger partial charge is 0.495 e. The number of nitro groups is 1. The molecule has 2 aromatic heterocycles. The van der Waals surface area contributed by atoms with Crippen LogP contribution in [0.3, 0.4) is 0 Å². The van der Waals surface area contributed by atoms with E-state index in [1.807, 2.05) is 32.0 Å². The summed E-state index contributed by atoms with van der Waals surface area (Å²) >= 11 is 0. The molecule has 0 aliphatic rings. The Kier molecular flexibility index (Phi) is 5.11. The Morgan fingerprint density at radius 3 is 2.48 bits per heavy atom. The molecule has 2 N–H and O–H groups in total. The summed E-state index contributed by atoms with van der Waals surface area (Å²) in [5.41, 5.74) is 2.03. The molecule has 0 fully saturated rings. The smallest absolute Gasteiger partial charge is 0.353 e. The number of benzene rings is 1. The van der Waals surface area contributed by atoms with Crippen LogP contribution in [-0.4, -0.2) is 27.0 Å². The molecule has 0 radical (unpaired) electrons. The third-order valence-corrected chi connectivity index (χ3v) is 3.75. The molecular weight excluding hydrogens is 348 g/mol. The molecule has 0 aliphatic heterocycles. The number of aromatic nitrogens is 3. The van der Waals surface area contributed by atoms with Crippen molar-refractivity contribution in [2.45, 2.75) is 13.8 Å². The average molecular weight is 366 g/mol. The first-order valence-corrected chi connectivity index (χ1v) is 8.09. The zero-order chi connectivity index (χ0) is 19.4. The second kappa shape index (κ2) is 7.65. The highest BCUT2D eigenvalue weighted by Gasteiger charge is 2.24. The molecule has 0 saturated carbocycles. The fraction of sp³-hybridized carbons (Fsp3) is 0.167. The fourth-order valence-corrected chi connectivity index (χ4v) is 2.52. The third-order valence-electron chi connectivity index (χ3n) is 3.75. The maximum Gasteiger partial charge on any atom is 0.353 e. The number of nitrogens with zero attached hydrogens (tertiary/aromatic N) is 4. The van der Waals surface area contributed by atoms with Crippen molar-refractivity contribution >= 4 is 28.8 Å². The minimum absolute atomic E-state index is 0.0437. The Morgan fingerprint density at radius 1 is 1.07 bits per heavy atom. The number of pyridine rings is 1. The lowest BCUT2D eigenvalue weighted by Gasteiger charge is -2.13. The number of aryl methyl sites for hydroxylation is 2. The summed E-state index contributed by atoms with van der Waals surface area (Å²) in [5.74, 6) is 1.09. The highest BCUT2D eigenvalue weighted by atomic mass is 16.6. The summed E-state index contributed by atoms with van der Waals surface area (Å²) in [7, 11) is 1.53. The van der Waals surface area contributed by atoms with Crippen LogP contribution in [-0.2, 0) is 0 Å². The Bertz CT molecular complexity index is 993. The van der Waals surface area contributed by atoms with Crippen LogP contribution in [0, 0.1) is 24.0 Å². The van der Waals surface area contributed by atoms with Gasteiger partial charge in [-0.1, -0.05) is 12.1 Å². The van der Waals surface area contributed by atoms with E-state index in [0.29, 0.717) is 17.3 Å². The second-order valence-electron chi connectivity index (χ2n) is 5.79. The number of rotatable bonds is 6. The molecule has 0 spiro atoms. The quantitative estimate of drug-likeness (QED) is 0.499. The van der Waals surface area contributed by atoms with E-state index in [0.717, 1.165) is 11.3 Å². The maximum absolute atomic E-state index is 11.7. The predicted octanol–water partition coefficient (Wildman–Crippen LogP) is 3.89. The van der Waals surface area contributed by atoms with Crippen molar-refractivity contribution in [2.75, 3.05) is 17.7 Å². The lowest BCUT2D eigenvalue weighted by atomic mass is 10.2. The first-order chi connectivity index (χ1) is 13.0. The molecule has 2 heterocycles. The van der Waals surface area contributed by atoms with Crippen LogP contribution in [0.2, 0.25) is 0 Å². The van der Waals surface area contributed by atoms with Gasteiger partial charge in [0.2, 0.25) is 11.6 Å². The van der Waals surface area contributed by atoms with Gasteiger partial charge in [-0.25, -0.2) is 15.0 Å². The first-order valence-electron chi connectivity index (χ1n) is 8.09. The van der Waals surface area contributed by atoms with E-state index in [2.05, 4.69) is 25.6 Å². The van der Waals surface area contributed by atoms with E-state index < -0.39 is 4.92 Å². The lowest BCUT2D eigenvalue weighted by molar-refractivity contribution is -0.383. The van der Waals surface area contributed by atoms with Gasteiger partial charge in [-0.3, -0.25) is 10.1 Å². The predicted molar refractivity (Wildman–Crippen MR) is 102 cm³/mol. The molecule has 3 aromatic rings. The van der Waals surface area contributed by atoms with Crippen molar-refractivity contribution in [3.05, 3.63) is 64.1 Å². The van der Waals surface area contributed by atoms with Crippen LogP contribution in [0.15, 0.2) is 42.7 Å². The molecule has 9 heteroatoms. The standard InChI is InChI=1S/C18H18N6O3/c1-11-7-8-14(27-3)13(9-11)22-17-16(24(25)26)18(20-10-19-17)23-15-6-4-5-12(2)21-15/h4-10H,1-3H3,(H2,19,20,21,22,23). The van der Waals surface area contributed by atoms with E-state index in [1.165, 1.54) is 13.4 Å². The summed E-state index contributed by atoms with van der Waals surface area (Å²) in [6.45, 7) is 3.74. The normalized spacial score (nSPS) is 10.3. The number of methoxy groups -OCH3 is 1. The molecule has 3 rings (SSSR count). The zero-order valence-electron chi connectivity index (χ0n) is 15.1. The topological polar surface area (TPSA) is 115 Å². The highest BCUT2D eigenvalue weighted by molar-refractivity contribution is 5.77. The van der Waals surface area contributed by atoms with Crippen LogP contribution in [0.25, 0.3) is 0 Å². The van der Waals surface area contributed by atoms with Crippen molar-refractivity contribution < 1.29 is 9.66 Å². The molecule has 0 bridgehead atoms. The van der Waals surface area contributed by atoms with E-state index in [-0.39, 0.29) is 17.3 Å². The van der Waals surface area contributed by atoms with Crippen LogP contribution in [0.1, 0.15) is 11.3 Å². The molecule has 9 nitrogen and oxygen atoms in total. The Labute approximate surface area is 155 Å². The van der Waals surface area contributed by atoms with Crippen molar-refractivity contribution in [1.82, 2.24) is 15.0 Å². The van der Waals surface area contributed by atoms with E-state index in [1.54, 1.807) is 18.2 Å². The molecule has 0 unspecified atom stereocenters. The molecule has 0 aliphatic carbocycles. The highest BCUT2D eigenvalue weighted by Crippen LogP contribution is 2.35. The van der Waals surface area contributed by atoms with E-state index in [9.17, 15) is 10.1 Å². The molecule has 0 amide bonds. The average Bonchev–Trinajstić information content (AvgIpc) is 2.62. The monoisotopic (exact) mass is 366 g/mol. The van der Waals surface area contributed by atoms with Gasteiger partial charge in [-0.15, -0.1) is 0 Å². The minimum Gasteiger partial charge on any atom is -0.495 e. The third kappa shape index (κ3) is 4.09. The fourth-order valence-electron chi connectivity index (χ4n) is 2.52. The van der Waals surface area contributed by atoms with E-state index >= 15 is 0 Å². The van der Waals surface area contributed by atoms with Gasteiger partial charge in [-0.05, 0) is 43.7 Å². The number of ether oxygens (including phenoxy) is 1. The van der Waals surface area contributed by atoms with Crippen molar-refractivity contribution in [2.24, 2.45) is 0 Å². The van der Waals surface area contributed by atoms with Crippen LogP contribution >= 0.6 is 0 Å². The SMILES string of the molecule is COc1ccc(C)cc1Nc1ncnc(Nc2cccc(C)n2)c1[N+](=O)[O-]. The zero-order valence-corrected chi connectivity index (χ0v) is 15.1. The van der Waals surface area contributed by atoms with Gasteiger partial charge in [0.25, 0.3) is 0 Å². The molecule has 27 heavy (non-hydrogen) atoms. The minimum atomic E-state index is -0.539. The summed E-state index contributed by atoms with van der Waals surface area (Å²) in [6, 6.07) is 10.8. The first kappa shape index (κ1) is 18.1. The van der Waals surface area contributed by atoms with Gasteiger partial charge in [-0.2, -0.15) is 0 Å². The van der Waals surface area contributed by atoms with Crippen molar-refractivity contribution in [3.8, 4) is 5.75 Å². The summed E-state index contributed by atoms with van der Waals surface area (Å²) < 4.78 is 5.31. The molecule has 0 saturated heterocycles. The Hall–Kier alpha value is -3.75. The van der Waals surface area contributed by atoms with Crippen LogP contribution in [0.5, 0.6) is 5.75 Å². The summed E-state index contributed by atoms with van der Waals surface area (Å²) in [4.78, 5) is 23.5. The maximum atomic E-state index is 11.7. The molecule has 1 aromatic carbocycles. The number of anilines is 4. The number of hydrogen-bond donors (Lipinski definition) is 2. The summed E-state index contributed by atoms with van der Waals surface area (Å²) in [5, 5.41) is 17.6. The molecule has 138 valence electrons. The van der Waals surface area contributed by atoms with Gasteiger partial charge in [0.15, 0.2) is 0 Å². The molecule has 0 atom stereocenters. The van der Waals surface area contributed by atoms with Crippen LogP contribution < -0.4 is 15.4 Å². The van der Waals surface area contributed by atoms with Gasteiger partial charge in [0, 0.05) is 5.69 Å². The van der Waals surface area contributed by atoms with Crippen molar-refractivity contribution in [1.29, 1.82) is 0 Å². The lowest BCUT2D eigenvalue weighted by Crippen LogP contribution is -2.07. The van der Waals surface area contributed by atoms with Gasteiger partial charge >= 0.3 is 5.69 Å². The molecular formula is C18H18N6O3. The number of nitrogens with one attached hydrogen (secondary N) is 2. The summed E-state index contributed by atoms with van der Waals surface area (Å²) in [6.07, 6.45) is 1.25.